The lowest BCUT2D eigenvalue weighted by Crippen LogP contribution is -2.13. The van der Waals surface area contributed by atoms with Crippen LogP contribution in [-0.2, 0) is 11.2 Å². The van der Waals surface area contributed by atoms with Gasteiger partial charge >= 0.3 is 0 Å². The van der Waals surface area contributed by atoms with Crippen LogP contribution in [0.3, 0.4) is 0 Å². The van der Waals surface area contributed by atoms with Gasteiger partial charge in [-0.3, -0.25) is 4.79 Å². The number of nitrogen functional groups attached to an aromatic ring is 1. The Labute approximate surface area is 143 Å². The van der Waals surface area contributed by atoms with Gasteiger partial charge in [-0.15, -0.1) is 12.4 Å². The molecule has 2 aromatic carbocycles. The molecule has 4 nitrogen and oxygen atoms in total. The molecule has 0 aliphatic carbocycles. The molecule has 124 valence electrons. The number of carbonyl (C=O) groups is 1. The molecule has 2 aromatic rings. The van der Waals surface area contributed by atoms with E-state index in [9.17, 15) is 4.79 Å². The van der Waals surface area contributed by atoms with Crippen molar-refractivity contribution < 1.29 is 9.53 Å². The molecule has 0 saturated heterocycles. The van der Waals surface area contributed by atoms with Crippen molar-refractivity contribution in [2.75, 3.05) is 17.7 Å². The van der Waals surface area contributed by atoms with Crippen molar-refractivity contribution in [2.45, 2.75) is 26.7 Å². The van der Waals surface area contributed by atoms with Gasteiger partial charge in [0, 0.05) is 12.1 Å². The number of anilines is 2. The molecule has 23 heavy (non-hydrogen) atoms. The fraction of sp³-hybridized carbons (Fsp3) is 0.278. The Kier molecular flexibility index (Phi) is 7.42. The second-order valence-electron chi connectivity index (χ2n) is 5.18. The van der Waals surface area contributed by atoms with E-state index in [-0.39, 0.29) is 18.3 Å². The van der Waals surface area contributed by atoms with Gasteiger partial charge in [0.05, 0.1) is 12.3 Å². The smallest absolute Gasteiger partial charge is 0.224 e. The van der Waals surface area contributed by atoms with Crippen molar-refractivity contribution >= 4 is 29.7 Å². The van der Waals surface area contributed by atoms with Crippen molar-refractivity contribution in [3.05, 3.63) is 53.6 Å². The summed E-state index contributed by atoms with van der Waals surface area (Å²) in [4.78, 5) is 12.1. The van der Waals surface area contributed by atoms with Crippen LogP contribution in [0.5, 0.6) is 5.75 Å². The number of nitrogens with one attached hydrogen (secondary N) is 1. The number of benzene rings is 2. The Hall–Kier alpha value is -2.20. The molecule has 2 rings (SSSR count). The van der Waals surface area contributed by atoms with E-state index >= 15 is 0 Å². The van der Waals surface area contributed by atoms with Crippen LogP contribution in [0.4, 0.5) is 11.4 Å². The second kappa shape index (κ2) is 9.06. The molecule has 0 unspecified atom stereocenters. The van der Waals surface area contributed by atoms with Crippen LogP contribution in [0.25, 0.3) is 0 Å². The number of ether oxygens (including phenoxy) is 1. The van der Waals surface area contributed by atoms with Crippen molar-refractivity contribution in [1.82, 2.24) is 0 Å². The quantitative estimate of drug-likeness (QED) is 0.786. The molecule has 0 aliphatic heterocycles. The van der Waals surface area contributed by atoms with Crippen molar-refractivity contribution in [1.29, 1.82) is 0 Å². The van der Waals surface area contributed by atoms with Gasteiger partial charge in [-0.1, -0.05) is 24.3 Å². The van der Waals surface area contributed by atoms with E-state index in [4.69, 9.17) is 10.5 Å². The summed E-state index contributed by atoms with van der Waals surface area (Å²) in [6, 6.07) is 13.4. The summed E-state index contributed by atoms with van der Waals surface area (Å²) in [7, 11) is 0. The second-order valence-corrected chi connectivity index (χ2v) is 5.18. The average molecular weight is 335 g/mol. The highest BCUT2D eigenvalue weighted by Crippen LogP contribution is 2.26. The first-order chi connectivity index (χ1) is 10.6. The highest BCUT2D eigenvalue weighted by Gasteiger charge is 2.09. The molecule has 0 bridgehead atoms. The Morgan fingerprint density at radius 1 is 1.22 bits per heavy atom. The Morgan fingerprint density at radius 2 is 1.96 bits per heavy atom. The third kappa shape index (κ3) is 5.49. The zero-order valence-electron chi connectivity index (χ0n) is 13.5. The van der Waals surface area contributed by atoms with E-state index in [2.05, 4.69) is 5.32 Å². The molecular formula is C18H23ClN2O2. The highest BCUT2D eigenvalue weighted by atomic mass is 35.5. The van der Waals surface area contributed by atoms with Crippen LogP contribution in [0.15, 0.2) is 42.5 Å². The maximum atomic E-state index is 12.1. The van der Waals surface area contributed by atoms with Crippen molar-refractivity contribution in [3.8, 4) is 5.75 Å². The predicted octanol–water partition coefficient (Wildman–Crippen LogP) is 3.97. The van der Waals surface area contributed by atoms with Gasteiger partial charge < -0.3 is 15.8 Å². The average Bonchev–Trinajstić information content (AvgIpc) is 2.49. The van der Waals surface area contributed by atoms with E-state index < -0.39 is 0 Å². The van der Waals surface area contributed by atoms with Crippen LogP contribution >= 0.6 is 12.4 Å². The van der Waals surface area contributed by atoms with E-state index in [1.54, 1.807) is 0 Å². The molecule has 0 aliphatic rings. The summed E-state index contributed by atoms with van der Waals surface area (Å²) in [5, 5.41) is 2.91. The lowest BCUT2D eigenvalue weighted by molar-refractivity contribution is -0.116. The topological polar surface area (TPSA) is 64.3 Å². The maximum absolute atomic E-state index is 12.1. The summed E-state index contributed by atoms with van der Waals surface area (Å²) >= 11 is 0. The van der Waals surface area contributed by atoms with E-state index in [0.29, 0.717) is 30.9 Å². The van der Waals surface area contributed by atoms with Gasteiger partial charge in [0.2, 0.25) is 5.91 Å². The summed E-state index contributed by atoms with van der Waals surface area (Å²) in [6.45, 7) is 4.48. The number of amides is 1. The molecular weight excluding hydrogens is 312 g/mol. The number of carbonyl (C=O) groups excluding carboxylic acids is 1. The van der Waals surface area contributed by atoms with Gasteiger partial charge in [0.1, 0.15) is 5.75 Å². The Bertz CT molecular complexity index is 659. The van der Waals surface area contributed by atoms with Crippen LogP contribution in [-0.4, -0.2) is 12.5 Å². The van der Waals surface area contributed by atoms with E-state index in [1.165, 1.54) is 0 Å². The number of hydrogen-bond acceptors (Lipinski definition) is 3. The van der Waals surface area contributed by atoms with Crippen LogP contribution in [0.1, 0.15) is 24.5 Å². The molecule has 0 saturated carbocycles. The molecule has 0 atom stereocenters. The summed E-state index contributed by atoms with van der Waals surface area (Å²) < 4.78 is 5.57. The maximum Gasteiger partial charge on any atom is 0.224 e. The van der Waals surface area contributed by atoms with E-state index in [0.717, 1.165) is 16.8 Å². The standard InChI is InChI=1S/C18H22N2O2.ClH/c1-3-22-17-12-13(2)8-10-16(17)20-18(21)11-9-14-6-4-5-7-15(14)19;/h4-8,10,12H,3,9,11,19H2,1-2H3,(H,20,21);1H. The number of halogens is 1. The van der Waals surface area contributed by atoms with Gasteiger partial charge in [0.15, 0.2) is 0 Å². The lowest BCUT2D eigenvalue weighted by Gasteiger charge is -2.12. The first-order valence-corrected chi connectivity index (χ1v) is 7.47. The van der Waals surface area contributed by atoms with E-state index in [1.807, 2.05) is 56.3 Å². The van der Waals surface area contributed by atoms with Crippen LogP contribution < -0.4 is 15.8 Å². The lowest BCUT2D eigenvalue weighted by atomic mass is 10.1. The fourth-order valence-electron chi connectivity index (χ4n) is 2.23. The Morgan fingerprint density at radius 3 is 2.65 bits per heavy atom. The third-order valence-electron chi connectivity index (χ3n) is 3.39. The third-order valence-corrected chi connectivity index (χ3v) is 3.39. The molecule has 0 heterocycles. The van der Waals surface area contributed by atoms with Gasteiger partial charge in [0.25, 0.3) is 0 Å². The number of para-hydroxylation sites is 1. The number of rotatable bonds is 6. The summed E-state index contributed by atoms with van der Waals surface area (Å²) in [6.07, 6.45) is 1.00. The molecule has 3 N–H and O–H groups in total. The van der Waals surface area contributed by atoms with Gasteiger partial charge in [-0.05, 0) is 49.6 Å². The largest absolute Gasteiger partial charge is 0.492 e. The normalized spacial score (nSPS) is 9.83. The van der Waals surface area contributed by atoms with Crippen molar-refractivity contribution in [3.63, 3.8) is 0 Å². The molecule has 0 fully saturated rings. The molecule has 0 radical (unpaired) electrons. The number of hydrogen-bond donors (Lipinski definition) is 2. The fourth-order valence-corrected chi connectivity index (χ4v) is 2.23. The summed E-state index contributed by atoms with van der Waals surface area (Å²) in [5.74, 6) is 0.656. The number of nitrogens with two attached hydrogens (primary N) is 1. The zero-order chi connectivity index (χ0) is 15.9. The van der Waals surface area contributed by atoms with Crippen LogP contribution in [0, 0.1) is 6.92 Å². The predicted molar refractivity (Wildman–Crippen MR) is 97.4 cm³/mol. The molecule has 5 heteroatoms. The van der Waals surface area contributed by atoms with Crippen molar-refractivity contribution in [2.24, 2.45) is 0 Å². The minimum absolute atomic E-state index is 0. The SMILES string of the molecule is CCOc1cc(C)ccc1NC(=O)CCc1ccccc1N.Cl. The Balaban J connectivity index is 0.00000264. The number of aryl methyl sites for hydroxylation is 2. The first-order valence-electron chi connectivity index (χ1n) is 7.47. The zero-order valence-corrected chi connectivity index (χ0v) is 14.3. The summed E-state index contributed by atoms with van der Waals surface area (Å²) in [5.41, 5.74) is 9.41. The van der Waals surface area contributed by atoms with Gasteiger partial charge in [-0.2, -0.15) is 0 Å². The van der Waals surface area contributed by atoms with Gasteiger partial charge in [-0.25, -0.2) is 0 Å². The first kappa shape index (κ1) is 18.8. The molecule has 1 amide bonds. The monoisotopic (exact) mass is 334 g/mol. The molecule has 0 aromatic heterocycles. The highest BCUT2D eigenvalue weighted by molar-refractivity contribution is 5.92. The van der Waals surface area contributed by atoms with Crippen LogP contribution in [0.2, 0.25) is 0 Å². The minimum Gasteiger partial charge on any atom is -0.492 e. The molecule has 0 spiro atoms. The minimum atomic E-state index is -0.0481.